The summed E-state index contributed by atoms with van der Waals surface area (Å²) in [7, 11) is -3.32. The van der Waals surface area contributed by atoms with Crippen LogP contribution in [0.2, 0.25) is 0 Å². The van der Waals surface area contributed by atoms with Crippen molar-refractivity contribution in [2.24, 2.45) is 11.8 Å². The van der Waals surface area contributed by atoms with Crippen molar-refractivity contribution in [2.75, 3.05) is 26.2 Å². The molecule has 1 saturated heterocycles. The van der Waals surface area contributed by atoms with Gasteiger partial charge in [0.2, 0.25) is 0 Å². The maximum absolute atomic E-state index is 12.1. The van der Waals surface area contributed by atoms with Crippen molar-refractivity contribution in [3.05, 3.63) is 0 Å². The lowest BCUT2D eigenvalue weighted by Gasteiger charge is -2.33. The van der Waals surface area contributed by atoms with Gasteiger partial charge in [0.05, 0.1) is 0 Å². The largest absolute Gasteiger partial charge is 0.396 e. The molecule has 0 saturated carbocycles. The Morgan fingerprint density at radius 3 is 2.33 bits per heavy atom. The maximum atomic E-state index is 12.1. The highest BCUT2D eigenvalue weighted by atomic mass is 32.2. The number of unbranched alkanes of at least 4 members (excludes halogenated alkanes) is 2. The number of rotatable bonds is 7. The first-order valence-corrected chi connectivity index (χ1v) is 8.25. The molecule has 0 aromatic carbocycles. The van der Waals surface area contributed by atoms with Gasteiger partial charge >= 0.3 is 0 Å². The van der Waals surface area contributed by atoms with Crippen LogP contribution in [0.3, 0.4) is 0 Å². The maximum Gasteiger partial charge on any atom is 0.279 e. The van der Waals surface area contributed by atoms with Gasteiger partial charge in [-0.15, -0.1) is 0 Å². The number of hydrogen-bond donors (Lipinski definition) is 2. The van der Waals surface area contributed by atoms with Gasteiger partial charge in [-0.25, -0.2) is 4.72 Å². The minimum absolute atomic E-state index is 0.175. The van der Waals surface area contributed by atoms with E-state index in [-0.39, 0.29) is 6.61 Å². The Morgan fingerprint density at radius 2 is 1.78 bits per heavy atom. The minimum atomic E-state index is -3.32. The monoisotopic (exact) mass is 278 g/mol. The molecule has 0 aromatic heterocycles. The van der Waals surface area contributed by atoms with Gasteiger partial charge < -0.3 is 5.11 Å². The zero-order valence-corrected chi connectivity index (χ0v) is 12.2. The Labute approximate surface area is 111 Å². The summed E-state index contributed by atoms with van der Waals surface area (Å²) in [5.41, 5.74) is 0. The van der Waals surface area contributed by atoms with Gasteiger partial charge in [0.25, 0.3) is 10.2 Å². The number of aliphatic hydroxyl groups is 1. The first-order valence-electron chi connectivity index (χ1n) is 6.81. The molecule has 0 spiro atoms. The summed E-state index contributed by atoms with van der Waals surface area (Å²) in [5.74, 6) is 0.861. The van der Waals surface area contributed by atoms with Gasteiger partial charge in [-0.3, -0.25) is 0 Å². The Balaban J connectivity index is 2.38. The van der Waals surface area contributed by atoms with E-state index in [4.69, 9.17) is 5.11 Å². The van der Waals surface area contributed by atoms with Crippen LogP contribution in [0.4, 0.5) is 0 Å². The van der Waals surface area contributed by atoms with E-state index in [0.29, 0.717) is 31.5 Å². The molecule has 2 N–H and O–H groups in total. The third-order valence-corrected chi connectivity index (χ3v) is 4.84. The van der Waals surface area contributed by atoms with Crippen LogP contribution in [-0.4, -0.2) is 44.1 Å². The first kappa shape index (κ1) is 15.9. The zero-order valence-electron chi connectivity index (χ0n) is 11.4. The molecule has 1 rings (SSSR count). The lowest BCUT2D eigenvalue weighted by atomic mass is 9.94. The quantitative estimate of drug-likeness (QED) is 0.682. The van der Waals surface area contributed by atoms with Crippen molar-refractivity contribution in [1.82, 2.24) is 9.03 Å². The molecular formula is C12H26N2O3S. The van der Waals surface area contributed by atoms with Gasteiger partial charge in [-0.2, -0.15) is 12.7 Å². The fourth-order valence-electron chi connectivity index (χ4n) is 2.51. The molecule has 6 heteroatoms. The van der Waals surface area contributed by atoms with Crippen LogP contribution in [0.25, 0.3) is 0 Å². The molecule has 0 bridgehead atoms. The van der Waals surface area contributed by atoms with E-state index in [9.17, 15) is 8.42 Å². The third-order valence-electron chi connectivity index (χ3n) is 3.29. The summed E-state index contributed by atoms with van der Waals surface area (Å²) in [5, 5.41) is 8.64. The van der Waals surface area contributed by atoms with E-state index < -0.39 is 10.2 Å². The molecule has 1 aliphatic heterocycles. The normalized spacial score (nSPS) is 26.4. The Kier molecular flexibility index (Phi) is 6.55. The van der Waals surface area contributed by atoms with Crippen LogP contribution >= 0.6 is 0 Å². The second kappa shape index (κ2) is 7.43. The molecule has 1 fully saturated rings. The Hall–Kier alpha value is -0.170. The van der Waals surface area contributed by atoms with Gasteiger partial charge in [0, 0.05) is 26.2 Å². The molecule has 0 aromatic rings. The van der Waals surface area contributed by atoms with Crippen LogP contribution in [0, 0.1) is 11.8 Å². The fourth-order valence-corrected chi connectivity index (χ4v) is 3.99. The average Bonchev–Trinajstić information content (AvgIpc) is 2.27. The van der Waals surface area contributed by atoms with E-state index in [1.54, 1.807) is 4.31 Å². The zero-order chi connectivity index (χ0) is 13.6. The molecular weight excluding hydrogens is 252 g/mol. The van der Waals surface area contributed by atoms with Crippen molar-refractivity contribution in [3.8, 4) is 0 Å². The van der Waals surface area contributed by atoms with Crippen molar-refractivity contribution < 1.29 is 13.5 Å². The van der Waals surface area contributed by atoms with Gasteiger partial charge in [-0.1, -0.05) is 13.8 Å². The highest BCUT2D eigenvalue weighted by Gasteiger charge is 2.29. The van der Waals surface area contributed by atoms with Crippen LogP contribution in [0.15, 0.2) is 0 Å². The van der Waals surface area contributed by atoms with Gasteiger partial charge in [0.15, 0.2) is 0 Å². The highest BCUT2D eigenvalue weighted by molar-refractivity contribution is 7.87. The van der Waals surface area contributed by atoms with Crippen LogP contribution in [0.1, 0.15) is 39.5 Å². The molecule has 18 heavy (non-hydrogen) atoms. The predicted octanol–water partition coefficient (Wildman–Crippen LogP) is 0.961. The minimum Gasteiger partial charge on any atom is -0.396 e. The summed E-state index contributed by atoms with van der Waals surface area (Å²) >= 11 is 0. The summed E-state index contributed by atoms with van der Waals surface area (Å²) in [6.07, 6.45) is 3.46. The summed E-state index contributed by atoms with van der Waals surface area (Å²) in [6, 6.07) is 0. The number of aliphatic hydroxyl groups excluding tert-OH is 1. The van der Waals surface area contributed by atoms with Crippen molar-refractivity contribution in [1.29, 1.82) is 0 Å². The van der Waals surface area contributed by atoms with Gasteiger partial charge in [-0.05, 0) is 37.5 Å². The molecule has 1 aliphatic rings. The van der Waals surface area contributed by atoms with E-state index in [1.165, 1.54) is 0 Å². The molecule has 108 valence electrons. The SMILES string of the molecule is CC1CC(C)CN(S(=O)(=O)NCCCCCO)C1. The standard InChI is InChI=1S/C12H26N2O3S/c1-11-8-12(2)10-14(9-11)18(16,17)13-6-4-3-5-7-15/h11-13,15H,3-10H2,1-2H3. The number of piperidine rings is 1. The van der Waals surface area contributed by atoms with Crippen molar-refractivity contribution >= 4 is 10.2 Å². The van der Waals surface area contributed by atoms with E-state index in [0.717, 1.165) is 25.7 Å². The second-order valence-corrected chi connectivity index (χ2v) is 7.20. The molecule has 2 unspecified atom stereocenters. The van der Waals surface area contributed by atoms with Crippen molar-refractivity contribution in [3.63, 3.8) is 0 Å². The lowest BCUT2D eigenvalue weighted by Crippen LogP contribution is -2.48. The molecule has 1 heterocycles. The van der Waals surface area contributed by atoms with Gasteiger partial charge in [0.1, 0.15) is 0 Å². The second-order valence-electron chi connectivity index (χ2n) is 5.45. The Morgan fingerprint density at radius 1 is 1.17 bits per heavy atom. The fraction of sp³-hybridized carbons (Fsp3) is 1.00. The number of nitrogens with zero attached hydrogens (tertiary/aromatic N) is 1. The first-order chi connectivity index (χ1) is 8.45. The highest BCUT2D eigenvalue weighted by Crippen LogP contribution is 2.22. The molecule has 2 atom stereocenters. The summed E-state index contributed by atoms with van der Waals surface area (Å²) < 4.78 is 28.4. The molecule has 0 radical (unpaired) electrons. The van der Waals surface area contributed by atoms with E-state index in [2.05, 4.69) is 18.6 Å². The molecule has 5 nitrogen and oxygen atoms in total. The van der Waals surface area contributed by atoms with Crippen LogP contribution in [-0.2, 0) is 10.2 Å². The third kappa shape index (κ3) is 5.22. The van der Waals surface area contributed by atoms with Crippen LogP contribution in [0.5, 0.6) is 0 Å². The smallest absolute Gasteiger partial charge is 0.279 e. The summed E-state index contributed by atoms with van der Waals surface area (Å²) in [4.78, 5) is 0. The predicted molar refractivity (Wildman–Crippen MR) is 72.4 cm³/mol. The Bertz CT molecular complexity index is 322. The lowest BCUT2D eigenvalue weighted by molar-refractivity contribution is 0.220. The summed E-state index contributed by atoms with van der Waals surface area (Å²) in [6.45, 7) is 6.07. The van der Waals surface area contributed by atoms with Crippen molar-refractivity contribution in [2.45, 2.75) is 39.5 Å². The topological polar surface area (TPSA) is 69.6 Å². The average molecular weight is 278 g/mol. The number of hydrogen-bond acceptors (Lipinski definition) is 3. The van der Waals surface area contributed by atoms with E-state index in [1.807, 2.05) is 0 Å². The molecule has 0 amide bonds. The van der Waals surface area contributed by atoms with Crippen LogP contribution < -0.4 is 4.72 Å². The molecule has 0 aliphatic carbocycles. The van der Waals surface area contributed by atoms with E-state index >= 15 is 0 Å². The number of nitrogens with one attached hydrogen (secondary N) is 1.